The first-order valence-electron chi connectivity index (χ1n) is 8.52. The topological polar surface area (TPSA) is 41.8 Å². The molecule has 1 saturated heterocycles. The van der Waals surface area contributed by atoms with E-state index in [0.29, 0.717) is 13.1 Å². The predicted molar refractivity (Wildman–Crippen MR) is 101 cm³/mol. The molecule has 3 rings (SSSR count). The Labute approximate surface area is 155 Å². The Hall–Kier alpha value is -1.40. The van der Waals surface area contributed by atoms with Crippen LogP contribution < -0.4 is 4.90 Å². The summed E-state index contributed by atoms with van der Waals surface area (Å²) in [5.41, 5.74) is 3.90. The van der Waals surface area contributed by atoms with Crippen LogP contribution in [0.1, 0.15) is 16.7 Å². The Bertz CT molecular complexity index is 859. The molecular formula is C19H24ClN2O2S+. The van der Waals surface area contributed by atoms with E-state index in [4.69, 9.17) is 11.6 Å². The van der Waals surface area contributed by atoms with Crippen molar-refractivity contribution in [2.75, 3.05) is 26.2 Å². The maximum Gasteiger partial charge on any atom is 0.244 e. The number of halogens is 1. The fourth-order valence-electron chi connectivity index (χ4n) is 3.27. The van der Waals surface area contributed by atoms with Crippen LogP contribution in [0, 0.1) is 13.8 Å². The van der Waals surface area contributed by atoms with Gasteiger partial charge in [-0.3, -0.25) is 0 Å². The van der Waals surface area contributed by atoms with Gasteiger partial charge in [0.2, 0.25) is 10.0 Å². The monoisotopic (exact) mass is 379 g/mol. The molecule has 0 atom stereocenters. The summed E-state index contributed by atoms with van der Waals surface area (Å²) in [5.74, 6) is 0. The lowest BCUT2D eigenvalue weighted by Crippen LogP contribution is -3.13. The molecule has 6 heteroatoms. The number of quaternary nitrogens is 1. The second-order valence-electron chi connectivity index (χ2n) is 6.69. The minimum absolute atomic E-state index is 0.203. The van der Waals surface area contributed by atoms with Crippen molar-refractivity contribution in [2.45, 2.75) is 25.3 Å². The first-order valence-corrected chi connectivity index (χ1v) is 10.3. The van der Waals surface area contributed by atoms with Crippen LogP contribution >= 0.6 is 11.6 Å². The van der Waals surface area contributed by atoms with Gasteiger partial charge >= 0.3 is 0 Å². The SMILES string of the molecule is Cc1ccc(C)c(C[NH+]2CCN(S(=O)(=O)c3ccccc3Cl)CC2)c1. The van der Waals surface area contributed by atoms with Gasteiger partial charge in [0.05, 0.1) is 31.2 Å². The molecule has 0 aliphatic carbocycles. The lowest BCUT2D eigenvalue weighted by molar-refractivity contribution is -0.917. The van der Waals surface area contributed by atoms with Crippen LogP contribution in [0.4, 0.5) is 0 Å². The highest BCUT2D eigenvalue weighted by Crippen LogP contribution is 2.24. The normalized spacial score (nSPS) is 16.9. The van der Waals surface area contributed by atoms with Gasteiger partial charge in [-0.05, 0) is 31.5 Å². The van der Waals surface area contributed by atoms with Crippen LogP contribution in [0.3, 0.4) is 0 Å². The number of hydrogen-bond donors (Lipinski definition) is 1. The smallest absolute Gasteiger partial charge is 0.244 e. The van der Waals surface area contributed by atoms with Crippen LogP contribution in [-0.2, 0) is 16.6 Å². The molecule has 1 N–H and O–H groups in total. The Morgan fingerprint density at radius 1 is 1.08 bits per heavy atom. The molecule has 0 radical (unpaired) electrons. The highest BCUT2D eigenvalue weighted by Gasteiger charge is 2.31. The van der Waals surface area contributed by atoms with Crippen molar-refractivity contribution in [1.82, 2.24) is 4.31 Å². The molecule has 25 heavy (non-hydrogen) atoms. The molecule has 134 valence electrons. The molecule has 0 unspecified atom stereocenters. The number of sulfonamides is 1. The highest BCUT2D eigenvalue weighted by atomic mass is 35.5. The third-order valence-electron chi connectivity index (χ3n) is 4.83. The van der Waals surface area contributed by atoms with Crippen LogP contribution in [0.25, 0.3) is 0 Å². The number of hydrogen-bond acceptors (Lipinski definition) is 2. The van der Waals surface area contributed by atoms with Gasteiger partial charge in [0, 0.05) is 5.56 Å². The van der Waals surface area contributed by atoms with Gasteiger partial charge in [0.25, 0.3) is 0 Å². The summed E-state index contributed by atoms with van der Waals surface area (Å²) < 4.78 is 27.2. The van der Waals surface area contributed by atoms with Crippen molar-refractivity contribution >= 4 is 21.6 Å². The molecule has 1 heterocycles. The lowest BCUT2D eigenvalue weighted by Gasteiger charge is -2.32. The molecular weight excluding hydrogens is 356 g/mol. The Kier molecular flexibility index (Phi) is 5.49. The van der Waals surface area contributed by atoms with Crippen LogP contribution in [0.2, 0.25) is 5.02 Å². The lowest BCUT2D eigenvalue weighted by atomic mass is 10.1. The molecule has 0 saturated carbocycles. The summed E-state index contributed by atoms with van der Waals surface area (Å²) in [5, 5.41) is 0.285. The van der Waals surface area contributed by atoms with Crippen LogP contribution in [-0.4, -0.2) is 38.9 Å². The summed E-state index contributed by atoms with van der Waals surface area (Å²) in [6, 6.07) is 13.2. The molecule has 2 aromatic rings. The summed E-state index contributed by atoms with van der Waals surface area (Å²) in [4.78, 5) is 1.62. The van der Waals surface area contributed by atoms with Gasteiger partial charge in [-0.25, -0.2) is 8.42 Å². The van der Waals surface area contributed by atoms with Crippen molar-refractivity contribution in [3.05, 3.63) is 64.2 Å². The van der Waals surface area contributed by atoms with Crippen LogP contribution in [0.5, 0.6) is 0 Å². The standard InChI is InChI=1S/C19H23ClN2O2S/c1-15-7-8-16(2)17(13-15)14-21-9-11-22(12-10-21)25(23,24)19-6-4-3-5-18(19)20/h3-8,13H,9-12,14H2,1-2H3/p+1. The molecule has 1 aliphatic rings. The fourth-order valence-corrected chi connectivity index (χ4v) is 5.21. The molecule has 0 amide bonds. The summed E-state index contributed by atoms with van der Waals surface area (Å²) in [6.07, 6.45) is 0. The summed E-state index contributed by atoms with van der Waals surface area (Å²) >= 11 is 6.09. The molecule has 4 nitrogen and oxygen atoms in total. The first kappa shape index (κ1) is 18.4. The van der Waals surface area contributed by atoms with Crippen molar-refractivity contribution in [3.63, 3.8) is 0 Å². The van der Waals surface area contributed by atoms with E-state index in [1.54, 1.807) is 28.6 Å². The van der Waals surface area contributed by atoms with Crippen molar-refractivity contribution in [2.24, 2.45) is 0 Å². The van der Waals surface area contributed by atoms with E-state index in [0.717, 1.165) is 19.6 Å². The van der Waals surface area contributed by atoms with Gasteiger partial charge in [-0.15, -0.1) is 0 Å². The zero-order chi connectivity index (χ0) is 18.0. The van der Waals surface area contributed by atoms with Crippen LogP contribution in [0.15, 0.2) is 47.4 Å². The third kappa shape index (κ3) is 4.06. The minimum atomic E-state index is -3.52. The van der Waals surface area contributed by atoms with Gasteiger partial charge < -0.3 is 4.90 Å². The third-order valence-corrected chi connectivity index (χ3v) is 7.23. The molecule has 1 fully saturated rings. The minimum Gasteiger partial charge on any atom is -0.329 e. The largest absolute Gasteiger partial charge is 0.329 e. The predicted octanol–water partition coefficient (Wildman–Crippen LogP) is 2.05. The number of nitrogens with one attached hydrogen (secondary N) is 1. The zero-order valence-electron chi connectivity index (χ0n) is 14.6. The van der Waals surface area contributed by atoms with Crippen molar-refractivity contribution < 1.29 is 13.3 Å². The van der Waals surface area contributed by atoms with E-state index < -0.39 is 10.0 Å². The van der Waals surface area contributed by atoms with E-state index in [1.165, 1.54) is 21.6 Å². The molecule has 1 aliphatic heterocycles. The highest BCUT2D eigenvalue weighted by molar-refractivity contribution is 7.89. The second kappa shape index (κ2) is 7.46. The number of rotatable bonds is 4. The van der Waals surface area contributed by atoms with E-state index in [2.05, 4.69) is 32.0 Å². The Morgan fingerprint density at radius 3 is 2.44 bits per heavy atom. The average Bonchev–Trinajstić information content (AvgIpc) is 2.59. The molecule has 0 bridgehead atoms. The number of piperazine rings is 1. The van der Waals surface area contributed by atoms with E-state index in [1.807, 2.05) is 0 Å². The van der Waals surface area contributed by atoms with E-state index >= 15 is 0 Å². The summed E-state index contributed by atoms with van der Waals surface area (Å²) in [7, 11) is -3.52. The number of nitrogens with zero attached hydrogens (tertiary/aromatic N) is 1. The second-order valence-corrected chi connectivity index (χ2v) is 9.00. The Morgan fingerprint density at radius 2 is 1.76 bits per heavy atom. The van der Waals surface area contributed by atoms with Gasteiger partial charge in [-0.1, -0.05) is 47.5 Å². The van der Waals surface area contributed by atoms with Crippen molar-refractivity contribution in [1.29, 1.82) is 0 Å². The number of aryl methyl sites for hydroxylation is 2. The fraction of sp³-hybridized carbons (Fsp3) is 0.368. The van der Waals surface area contributed by atoms with Gasteiger partial charge in [-0.2, -0.15) is 4.31 Å². The zero-order valence-corrected chi connectivity index (χ0v) is 16.2. The molecule has 2 aromatic carbocycles. The Balaban J connectivity index is 1.68. The molecule has 0 spiro atoms. The maximum atomic E-state index is 12.8. The van der Waals surface area contributed by atoms with Gasteiger partial charge in [0.1, 0.15) is 11.4 Å². The van der Waals surface area contributed by atoms with E-state index in [9.17, 15) is 8.42 Å². The molecule has 0 aromatic heterocycles. The average molecular weight is 380 g/mol. The van der Waals surface area contributed by atoms with Gasteiger partial charge in [0.15, 0.2) is 0 Å². The quantitative estimate of drug-likeness (QED) is 0.883. The first-order chi connectivity index (χ1) is 11.9. The van der Waals surface area contributed by atoms with Crippen molar-refractivity contribution in [3.8, 4) is 0 Å². The van der Waals surface area contributed by atoms with E-state index in [-0.39, 0.29) is 9.92 Å². The number of benzene rings is 2. The summed E-state index contributed by atoms with van der Waals surface area (Å²) in [6.45, 7) is 7.82. The maximum absolute atomic E-state index is 12.8.